The lowest BCUT2D eigenvalue weighted by molar-refractivity contribution is -0.274. The molecule has 0 heterocycles. The Kier molecular flexibility index (Phi) is 4.47. The van der Waals surface area contributed by atoms with Crippen molar-refractivity contribution in [1.29, 1.82) is 0 Å². The molecule has 0 radical (unpaired) electrons. The van der Waals surface area contributed by atoms with Crippen LogP contribution in [0.2, 0.25) is 0 Å². The van der Waals surface area contributed by atoms with E-state index in [-0.39, 0.29) is 5.75 Å². The van der Waals surface area contributed by atoms with Gasteiger partial charge in [-0.25, -0.2) is 0 Å². The van der Waals surface area contributed by atoms with Gasteiger partial charge in [-0.15, -0.1) is 13.2 Å². The van der Waals surface area contributed by atoms with Gasteiger partial charge in [-0.05, 0) is 52.1 Å². The Hall–Kier alpha value is -2.49. The van der Waals surface area contributed by atoms with Crippen molar-refractivity contribution >= 4 is 10.8 Å². The third kappa shape index (κ3) is 3.88. The van der Waals surface area contributed by atoms with Gasteiger partial charge in [0.25, 0.3) is 0 Å². The molecule has 3 rings (SSSR count). The fourth-order valence-electron chi connectivity index (χ4n) is 2.77. The molecule has 4 heteroatoms. The highest BCUT2D eigenvalue weighted by Crippen LogP contribution is 2.29. The molecule has 0 aromatic heterocycles. The van der Waals surface area contributed by atoms with Crippen LogP contribution in [0.4, 0.5) is 13.2 Å². The summed E-state index contributed by atoms with van der Waals surface area (Å²) in [6.07, 6.45) is -2.51. The van der Waals surface area contributed by atoms with Crippen molar-refractivity contribution in [2.75, 3.05) is 0 Å². The topological polar surface area (TPSA) is 9.23 Å². The van der Waals surface area contributed by atoms with E-state index >= 15 is 0 Å². The number of alkyl halides is 3. The molecule has 0 aliphatic heterocycles. The minimum Gasteiger partial charge on any atom is -0.406 e. The average molecular weight is 330 g/mol. The van der Waals surface area contributed by atoms with E-state index in [1.54, 1.807) is 12.1 Å². The highest BCUT2D eigenvalue weighted by molar-refractivity contribution is 5.87. The van der Waals surface area contributed by atoms with Crippen LogP contribution in [-0.2, 0) is 6.42 Å². The predicted octanol–water partition coefficient (Wildman–Crippen LogP) is 6.36. The fourth-order valence-corrected chi connectivity index (χ4v) is 2.77. The number of hydrogen-bond acceptors (Lipinski definition) is 1. The molecule has 0 amide bonds. The van der Waals surface area contributed by atoms with Crippen molar-refractivity contribution < 1.29 is 17.9 Å². The minimum absolute atomic E-state index is 0.212. The summed E-state index contributed by atoms with van der Waals surface area (Å²) in [5, 5.41) is 2.28. The average Bonchev–Trinajstić information content (AvgIpc) is 2.54. The summed E-state index contributed by atoms with van der Waals surface area (Å²) < 4.78 is 40.5. The van der Waals surface area contributed by atoms with Crippen molar-refractivity contribution in [3.63, 3.8) is 0 Å². The van der Waals surface area contributed by atoms with Crippen molar-refractivity contribution in [2.24, 2.45) is 0 Å². The van der Waals surface area contributed by atoms with Gasteiger partial charge < -0.3 is 4.74 Å². The number of fused-ring (bicyclic) bond motifs is 1. The Morgan fingerprint density at radius 3 is 2.08 bits per heavy atom. The number of halogens is 3. The molecule has 124 valence electrons. The summed E-state index contributed by atoms with van der Waals surface area (Å²) >= 11 is 0. The van der Waals surface area contributed by atoms with E-state index in [9.17, 15) is 13.2 Å². The zero-order valence-electron chi connectivity index (χ0n) is 13.2. The fraction of sp³-hybridized carbons (Fsp3) is 0.200. The van der Waals surface area contributed by atoms with Gasteiger partial charge in [0.05, 0.1) is 0 Å². The van der Waals surface area contributed by atoms with E-state index < -0.39 is 6.36 Å². The number of ether oxygens (including phenoxy) is 1. The summed E-state index contributed by atoms with van der Waals surface area (Å²) in [5.74, 6) is -0.212. The van der Waals surface area contributed by atoms with E-state index in [1.165, 1.54) is 23.1 Å². The maximum absolute atomic E-state index is 12.2. The second-order valence-electron chi connectivity index (χ2n) is 5.72. The Morgan fingerprint density at radius 2 is 1.42 bits per heavy atom. The molecule has 0 aliphatic carbocycles. The molecule has 0 saturated heterocycles. The Morgan fingerprint density at radius 1 is 0.792 bits per heavy atom. The monoisotopic (exact) mass is 330 g/mol. The zero-order chi connectivity index (χ0) is 17.2. The molecule has 0 bridgehead atoms. The summed E-state index contributed by atoms with van der Waals surface area (Å²) in [6, 6.07) is 18.4. The van der Waals surface area contributed by atoms with Crippen molar-refractivity contribution in [3.05, 3.63) is 66.2 Å². The summed E-state index contributed by atoms with van der Waals surface area (Å²) in [7, 11) is 0. The minimum atomic E-state index is -4.67. The first kappa shape index (κ1) is 16.4. The molecule has 0 aliphatic rings. The second kappa shape index (κ2) is 6.56. The van der Waals surface area contributed by atoms with Gasteiger partial charge in [0.1, 0.15) is 5.75 Å². The number of rotatable bonds is 4. The Bertz CT molecular complexity index is 836. The van der Waals surface area contributed by atoms with Gasteiger partial charge in [0.15, 0.2) is 0 Å². The lowest BCUT2D eigenvalue weighted by atomic mass is 9.99. The third-order valence-electron chi connectivity index (χ3n) is 3.86. The quantitative estimate of drug-likeness (QED) is 0.541. The Balaban J connectivity index is 1.87. The van der Waals surface area contributed by atoms with E-state index in [1.807, 2.05) is 18.2 Å². The van der Waals surface area contributed by atoms with Gasteiger partial charge in [-0.3, -0.25) is 0 Å². The Labute approximate surface area is 138 Å². The third-order valence-corrected chi connectivity index (χ3v) is 3.86. The molecule has 3 aromatic carbocycles. The lowest BCUT2D eigenvalue weighted by Gasteiger charge is -2.10. The normalized spacial score (nSPS) is 11.7. The van der Waals surface area contributed by atoms with Crippen LogP contribution in [0.5, 0.6) is 5.75 Å². The van der Waals surface area contributed by atoms with Gasteiger partial charge in [0.2, 0.25) is 0 Å². The van der Waals surface area contributed by atoms with E-state index in [4.69, 9.17) is 0 Å². The summed E-state index contributed by atoms with van der Waals surface area (Å²) in [5.41, 5.74) is 3.12. The SMILES string of the molecule is CCCc1ccc2cc(-c3ccc(OC(F)(F)F)cc3)ccc2c1. The van der Waals surface area contributed by atoms with Gasteiger partial charge in [-0.2, -0.15) is 0 Å². The zero-order valence-corrected chi connectivity index (χ0v) is 13.2. The highest BCUT2D eigenvalue weighted by atomic mass is 19.4. The molecule has 1 nitrogen and oxygen atoms in total. The van der Waals surface area contributed by atoms with E-state index in [0.29, 0.717) is 0 Å². The number of benzene rings is 3. The van der Waals surface area contributed by atoms with Crippen molar-refractivity contribution in [2.45, 2.75) is 26.1 Å². The van der Waals surface area contributed by atoms with Crippen LogP contribution in [-0.4, -0.2) is 6.36 Å². The first-order chi connectivity index (χ1) is 11.4. The molecular formula is C20H17F3O. The van der Waals surface area contributed by atoms with E-state index in [0.717, 1.165) is 29.4 Å². The smallest absolute Gasteiger partial charge is 0.406 e. The van der Waals surface area contributed by atoms with Crippen LogP contribution >= 0.6 is 0 Å². The first-order valence-electron chi connectivity index (χ1n) is 7.83. The van der Waals surface area contributed by atoms with E-state index in [2.05, 4.69) is 29.9 Å². The number of hydrogen-bond donors (Lipinski definition) is 0. The molecule has 0 N–H and O–H groups in total. The van der Waals surface area contributed by atoms with Crippen LogP contribution in [0.3, 0.4) is 0 Å². The molecule has 3 aromatic rings. The van der Waals surface area contributed by atoms with Crippen LogP contribution in [0.25, 0.3) is 21.9 Å². The highest BCUT2D eigenvalue weighted by Gasteiger charge is 2.30. The molecule has 0 fully saturated rings. The maximum atomic E-state index is 12.2. The standard InChI is InChI=1S/C20H17F3O/c1-2-3-14-4-5-18-13-17(7-6-16(18)12-14)15-8-10-19(11-9-15)24-20(21,22)23/h4-13H,2-3H2,1H3. The maximum Gasteiger partial charge on any atom is 0.573 e. The molecule has 0 saturated carbocycles. The number of aryl methyl sites for hydroxylation is 1. The predicted molar refractivity (Wildman–Crippen MR) is 90.1 cm³/mol. The summed E-state index contributed by atoms with van der Waals surface area (Å²) in [6.45, 7) is 2.15. The van der Waals surface area contributed by atoms with Crippen LogP contribution in [0.15, 0.2) is 60.7 Å². The second-order valence-corrected chi connectivity index (χ2v) is 5.72. The molecule has 0 unspecified atom stereocenters. The van der Waals surface area contributed by atoms with Gasteiger partial charge in [-0.1, -0.05) is 55.8 Å². The molecule has 0 atom stereocenters. The summed E-state index contributed by atoms with van der Waals surface area (Å²) in [4.78, 5) is 0. The first-order valence-corrected chi connectivity index (χ1v) is 7.83. The van der Waals surface area contributed by atoms with Gasteiger partial charge in [0, 0.05) is 0 Å². The largest absolute Gasteiger partial charge is 0.573 e. The van der Waals surface area contributed by atoms with Crippen LogP contribution in [0.1, 0.15) is 18.9 Å². The molecule has 0 spiro atoms. The molecular weight excluding hydrogens is 313 g/mol. The lowest BCUT2D eigenvalue weighted by Crippen LogP contribution is -2.16. The van der Waals surface area contributed by atoms with Crippen LogP contribution < -0.4 is 4.74 Å². The van der Waals surface area contributed by atoms with Crippen LogP contribution in [0, 0.1) is 0 Å². The van der Waals surface area contributed by atoms with Crippen molar-refractivity contribution in [3.8, 4) is 16.9 Å². The molecule has 24 heavy (non-hydrogen) atoms. The van der Waals surface area contributed by atoms with Gasteiger partial charge >= 0.3 is 6.36 Å². The van der Waals surface area contributed by atoms with Crippen molar-refractivity contribution in [1.82, 2.24) is 0 Å².